The first-order chi connectivity index (χ1) is 13.1. The third-order valence-electron chi connectivity index (χ3n) is 4.21. The zero-order chi connectivity index (χ0) is 19.2. The summed E-state index contributed by atoms with van der Waals surface area (Å²) in [6.45, 7) is 3.70. The largest absolute Gasteiger partial charge is 0.497 e. The van der Waals surface area contributed by atoms with Crippen molar-refractivity contribution in [2.75, 3.05) is 39.3 Å². The number of hydrogen-bond acceptors (Lipinski definition) is 6. The van der Waals surface area contributed by atoms with Crippen molar-refractivity contribution in [3.8, 4) is 21.9 Å². The summed E-state index contributed by atoms with van der Waals surface area (Å²) >= 11 is 1.41. The Hall–Kier alpha value is -2.32. The number of carbonyl (C=O) groups excluding carboxylic acids is 1. The zero-order valence-electron chi connectivity index (χ0n) is 15.8. The lowest BCUT2D eigenvalue weighted by Gasteiger charge is -2.07. The fourth-order valence-electron chi connectivity index (χ4n) is 2.57. The maximum atomic E-state index is 12.0. The number of benzene rings is 1. The van der Waals surface area contributed by atoms with Crippen LogP contribution in [0.1, 0.15) is 18.5 Å². The van der Waals surface area contributed by atoms with Gasteiger partial charge in [0.25, 0.3) is 0 Å². The molecule has 1 saturated carbocycles. The van der Waals surface area contributed by atoms with Crippen molar-refractivity contribution < 1.29 is 19.0 Å². The van der Waals surface area contributed by atoms with E-state index in [1.165, 1.54) is 24.2 Å². The molecule has 2 aromatic rings. The van der Waals surface area contributed by atoms with Crippen molar-refractivity contribution in [3.63, 3.8) is 0 Å². The summed E-state index contributed by atoms with van der Waals surface area (Å²) in [5, 5.41) is 6.11. The Labute approximate surface area is 163 Å². The molecule has 1 aliphatic rings. The van der Waals surface area contributed by atoms with Crippen LogP contribution in [0.5, 0.6) is 11.5 Å². The monoisotopic (exact) mass is 391 g/mol. The van der Waals surface area contributed by atoms with E-state index in [1.807, 2.05) is 25.1 Å². The van der Waals surface area contributed by atoms with E-state index in [0.29, 0.717) is 29.8 Å². The molecule has 2 N–H and O–H groups in total. The Morgan fingerprint density at radius 1 is 1.22 bits per heavy atom. The lowest BCUT2D eigenvalue weighted by atomic mass is 10.1. The first-order valence-corrected chi connectivity index (χ1v) is 9.74. The molecule has 146 valence electrons. The van der Waals surface area contributed by atoms with Gasteiger partial charge in [-0.25, -0.2) is 9.78 Å². The number of hydrogen-bond donors (Lipinski definition) is 2. The highest BCUT2D eigenvalue weighted by molar-refractivity contribution is 7.19. The van der Waals surface area contributed by atoms with E-state index in [4.69, 9.17) is 14.2 Å². The number of aryl methyl sites for hydroxylation is 1. The quantitative estimate of drug-likeness (QED) is 0.637. The topological polar surface area (TPSA) is 81.7 Å². The molecule has 1 aromatic heterocycles. The second kappa shape index (κ2) is 9.05. The van der Waals surface area contributed by atoms with E-state index in [0.717, 1.165) is 28.7 Å². The highest BCUT2D eigenvalue weighted by atomic mass is 32.1. The minimum absolute atomic E-state index is 0.284. The number of rotatable bonds is 9. The van der Waals surface area contributed by atoms with Crippen molar-refractivity contribution in [2.24, 2.45) is 5.92 Å². The molecule has 0 aliphatic heterocycles. The molecular weight excluding hydrogens is 366 g/mol. The number of nitrogens with one attached hydrogen (secondary N) is 2. The molecule has 1 fully saturated rings. The van der Waals surface area contributed by atoms with E-state index >= 15 is 0 Å². The molecule has 0 bridgehead atoms. The summed E-state index contributed by atoms with van der Waals surface area (Å²) in [4.78, 5) is 17.4. The van der Waals surface area contributed by atoms with Crippen molar-refractivity contribution in [1.82, 2.24) is 10.3 Å². The highest BCUT2D eigenvalue weighted by Crippen LogP contribution is 2.36. The van der Waals surface area contributed by atoms with Crippen LogP contribution >= 0.6 is 11.3 Å². The molecule has 2 amide bonds. The Morgan fingerprint density at radius 3 is 2.56 bits per heavy atom. The number of thiazole rings is 1. The molecule has 0 atom stereocenters. The summed E-state index contributed by atoms with van der Waals surface area (Å²) in [5.41, 5.74) is 1.77. The SMILES string of the molecule is COc1cc(OC)cc(-c2sc(NC(=O)NCCOCC3CC3)nc2C)c1. The van der Waals surface area contributed by atoms with Crippen molar-refractivity contribution in [1.29, 1.82) is 0 Å². The summed E-state index contributed by atoms with van der Waals surface area (Å²) in [6, 6.07) is 5.37. The van der Waals surface area contributed by atoms with Gasteiger partial charge in [0.05, 0.1) is 31.4 Å². The molecule has 27 heavy (non-hydrogen) atoms. The predicted octanol–water partition coefficient (Wildman–Crippen LogP) is 3.68. The number of ether oxygens (including phenoxy) is 3. The van der Waals surface area contributed by atoms with Crippen LogP contribution in [0.4, 0.5) is 9.93 Å². The molecule has 1 aliphatic carbocycles. The lowest BCUT2D eigenvalue weighted by Crippen LogP contribution is -2.31. The first kappa shape index (κ1) is 19.4. The van der Waals surface area contributed by atoms with Crippen LogP contribution < -0.4 is 20.1 Å². The van der Waals surface area contributed by atoms with Crippen molar-refractivity contribution in [3.05, 3.63) is 23.9 Å². The van der Waals surface area contributed by atoms with E-state index in [1.54, 1.807) is 14.2 Å². The predicted molar refractivity (Wildman–Crippen MR) is 106 cm³/mol. The minimum atomic E-state index is -0.284. The number of anilines is 1. The van der Waals surface area contributed by atoms with E-state index in [2.05, 4.69) is 15.6 Å². The van der Waals surface area contributed by atoms with E-state index in [-0.39, 0.29) is 6.03 Å². The van der Waals surface area contributed by atoms with Crippen LogP contribution in [0.25, 0.3) is 10.4 Å². The van der Waals surface area contributed by atoms with Gasteiger partial charge in [-0.3, -0.25) is 5.32 Å². The normalized spacial score (nSPS) is 13.3. The van der Waals surface area contributed by atoms with Crippen molar-refractivity contribution >= 4 is 22.5 Å². The summed E-state index contributed by atoms with van der Waals surface area (Å²) in [7, 11) is 3.23. The smallest absolute Gasteiger partial charge is 0.321 e. The summed E-state index contributed by atoms with van der Waals surface area (Å²) in [5.74, 6) is 2.14. The molecule has 0 radical (unpaired) electrons. The standard InChI is InChI=1S/C19H25N3O4S/c1-12-17(14-8-15(24-2)10-16(9-14)25-3)27-19(21-12)22-18(23)20-6-7-26-11-13-4-5-13/h8-10,13H,4-7,11H2,1-3H3,(H2,20,21,22,23). The lowest BCUT2D eigenvalue weighted by molar-refractivity contribution is 0.127. The Bertz CT molecular complexity index is 767. The van der Waals surface area contributed by atoms with Crippen LogP contribution in [0.2, 0.25) is 0 Å². The molecule has 3 rings (SSSR count). The Balaban J connectivity index is 1.57. The summed E-state index contributed by atoms with van der Waals surface area (Å²) < 4.78 is 16.2. The van der Waals surface area contributed by atoms with Gasteiger partial charge >= 0.3 is 6.03 Å². The van der Waals surface area contributed by atoms with Crippen LogP contribution in [0.15, 0.2) is 18.2 Å². The van der Waals surface area contributed by atoms with Crippen LogP contribution in [0, 0.1) is 12.8 Å². The fraction of sp³-hybridized carbons (Fsp3) is 0.474. The third-order valence-corrected chi connectivity index (χ3v) is 5.34. The van der Waals surface area contributed by atoms with Gasteiger partial charge in [0.15, 0.2) is 5.13 Å². The number of urea groups is 1. The highest BCUT2D eigenvalue weighted by Gasteiger charge is 2.21. The molecule has 1 aromatic carbocycles. The van der Waals surface area contributed by atoms with Gasteiger partial charge in [0.2, 0.25) is 0 Å². The average molecular weight is 391 g/mol. The molecule has 7 nitrogen and oxygen atoms in total. The molecule has 0 spiro atoms. The van der Waals surface area contributed by atoms with Gasteiger partial charge < -0.3 is 19.5 Å². The molecule has 0 saturated heterocycles. The van der Waals surface area contributed by atoms with Gasteiger partial charge in [-0.2, -0.15) is 0 Å². The molecule has 1 heterocycles. The van der Waals surface area contributed by atoms with Gasteiger partial charge in [-0.15, -0.1) is 0 Å². The first-order valence-electron chi connectivity index (χ1n) is 8.92. The Kier molecular flexibility index (Phi) is 6.52. The van der Waals surface area contributed by atoms with Gasteiger partial charge in [-0.05, 0) is 37.8 Å². The van der Waals surface area contributed by atoms with Gasteiger partial charge in [-0.1, -0.05) is 11.3 Å². The average Bonchev–Trinajstić information content (AvgIpc) is 3.42. The van der Waals surface area contributed by atoms with Gasteiger partial charge in [0, 0.05) is 24.8 Å². The van der Waals surface area contributed by atoms with E-state index in [9.17, 15) is 4.79 Å². The number of methoxy groups -OCH3 is 2. The minimum Gasteiger partial charge on any atom is -0.497 e. The summed E-state index contributed by atoms with van der Waals surface area (Å²) in [6.07, 6.45) is 2.53. The number of carbonyl (C=O) groups is 1. The zero-order valence-corrected chi connectivity index (χ0v) is 16.6. The number of nitrogens with zero attached hydrogens (tertiary/aromatic N) is 1. The molecule has 8 heteroatoms. The van der Waals surface area contributed by atoms with Gasteiger partial charge in [0.1, 0.15) is 11.5 Å². The number of aromatic nitrogens is 1. The second-order valence-electron chi connectivity index (χ2n) is 6.43. The molecular formula is C19H25N3O4S. The Morgan fingerprint density at radius 2 is 1.93 bits per heavy atom. The number of amides is 2. The maximum Gasteiger partial charge on any atom is 0.321 e. The van der Waals surface area contributed by atoms with E-state index < -0.39 is 0 Å². The molecule has 0 unspecified atom stereocenters. The fourth-order valence-corrected chi connectivity index (χ4v) is 3.52. The second-order valence-corrected chi connectivity index (χ2v) is 7.43. The maximum absolute atomic E-state index is 12.0. The van der Waals surface area contributed by atoms with Crippen LogP contribution in [-0.4, -0.2) is 45.0 Å². The van der Waals surface area contributed by atoms with Crippen molar-refractivity contribution in [2.45, 2.75) is 19.8 Å². The van der Waals surface area contributed by atoms with Crippen LogP contribution in [0.3, 0.4) is 0 Å². The van der Waals surface area contributed by atoms with Crippen LogP contribution in [-0.2, 0) is 4.74 Å². The third kappa shape index (κ3) is 5.58.